The van der Waals surface area contributed by atoms with Gasteiger partial charge in [0.2, 0.25) is 5.91 Å². The van der Waals surface area contributed by atoms with Crippen molar-refractivity contribution in [3.05, 3.63) is 65.2 Å². The smallest absolute Gasteiger partial charge is 0.417 e. The van der Waals surface area contributed by atoms with E-state index in [4.69, 9.17) is 9.47 Å². The van der Waals surface area contributed by atoms with Crippen molar-refractivity contribution >= 4 is 17.8 Å². The lowest BCUT2D eigenvalue weighted by Crippen LogP contribution is -2.40. The minimum atomic E-state index is -0.747. The van der Waals surface area contributed by atoms with Gasteiger partial charge in [-0.3, -0.25) is 9.59 Å². The Morgan fingerprint density at radius 2 is 1.70 bits per heavy atom. The number of rotatable bonds is 2. The summed E-state index contributed by atoms with van der Waals surface area (Å²) in [6.07, 6.45) is -0.490. The molecule has 0 radical (unpaired) electrons. The highest BCUT2D eigenvalue weighted by Gasteiger charge is 2.55. The molecular weight excluding hydrogens is 382 g/mol. The summed E-state index contributed by atoms with van der Waals surface area (Å²) in [6, 6.07) is 13.8. The first-order valence-electron chi connectivity index (χ1n) is 10.0. The topological polar surface area (TPSA) is 72.9 Å². The number of methoxy groups -OCH3 is 1. The molecule has 1 saturated heterocycles. The second-order valence-electron chi connectivity index (χ2n) is 8.76. The van der Waals surface area contributed by atoms with Crippen LogP contribution in [0.1, 0.15) is 60.6 Å². The van der Waals surface area contributed by atoms with Crippen molar-refractivity contribution in [3.63, 3.8) is 0 Å². The Labute approximate surface area is 175 Å². The zero-order chi connectivity index (χ0) is 21.6. The van der Waals surface area contributed by atoms with Gasteiger partial charge in [0.05, 0.1) is 19.1 Å². The highest BCUT2D eigenvalue weighted by Crippen LogP contribution is 2.52. The largest absolute Gasteiger partial charge is 0.497 e. The first-order chi connectivity index (χ1) is 14.2. The number of imide groups is 1. The summed E-state index contributed by atoms with van der Waals surface area (Å²) in [4.78, 5) is 40.7. The van der Waals surface area contributed by atoms with Crippen LogP contribution in [0.5, 0.6) is 5.75 Å². The Bertz CT molecular complexity index is 1010. The van der Waals surface area contributed by atoms with E-state index in [0.29, 0.717) is 16.9 Å². The number of amides is 2. The average Bonchev–Trinajstić information content (AvgIpc) is 2.99. The standard InChI is InChI=1S/C24H25NO5/c1-24(2,3)30-23(28)25-21(14-9-11-15(29-4)12-10-14)18-13-19(26)16-7-5-6-8-17(16)20(18)22(25)27/h5-12,18,20-21H,13H2,1-4H3/t18-,20+,21+/m0/s1. The molecule has 0 aromatic heterocycles. The van der Waals surface area contributed by atoms with Gasteiger partial charge in [0, 0.05) is 17.9 Å². The monoisotopic (exact) mass is 407 g/mol. The number of hydrogen-bond donors (Lipinski definition) is 0. The molecule has 0 spiro atoms. The Hall–Kier alpha value is -3.15. The number of likely N-dealkylation sites (tertiary alicyclic amines) is 1. The summed E-state index contributed by atoms with van der Waals surface area (Å²) in [5.74, 6) is -0.563. The van der Waals surface area contributed by atoms with Gasteiger partial charge in [-0.2, -0.15) is 0 Å². The van der Waals surface area contributed by atoms with Crippen molar-refractivity contribution in [1.82, 2.24) is 4.90 Å². The first kappa shape index (κ1) is 20.1. The number of benzene rings is 2. The summed E-state index contributed by atoms with van der Waals surface area (Å²) >= 11 is 0. The van der Waals surface area contributed by atoms with Gasteiger partial charge in [-0.15, -0.1) is 0 Å². The molecule has 0 unspecified atom stereocenters. The van der Waals surface area contributed by atoms with Crippen LogP contribution in [0.4, 0.5) is 4.79 Å². The minimum absolute atomic E-state index is 0.01000. The van der Waals surface area contributed by atoms with Crippen LogP contribution in [0.2, 0.25) is 0 Å². The van der Waals surface area contributed by atoms with Gasteiger partial charge in [0.1, 0.15) is 11.4 Å². The summed E-state index contributed by atoms with van der Waals surface area (Å²) in [5, 5.41) is 0. The molecule has 1 aliphatic carbocycles. The molecule has 1 aliphatic heterocycles. The van der Waals surface area contributed by atoms with E-state index < -0.39 is 23.7 Å². The third-order valence-corrected chi connectivity index (χ3v) is 5.68. The summed E-state index contributed by atoms with van der Waals surface area (Å²) < 4.78 is 10.8. The number of carbonyl (C=O) groups excluding carboxylic acids is 3. The molecule has 3 atom stereocenters. The van der Waals surface area contributed by atoms with Crippen molar-refractivity contribution in [2.45, 2.75) is 44.8 Å². The van der Waals surface area contributed by atoms with E-state index >= 15 is 0 Å². The lowest BCUT2D eigenvalue weighted by atomic mass is 9.72. The van der Waals surface area contributed by atoms with Crippen LogP contribution in [0, 0.1) is 5.92 Å². The first-order valence-corrected chi connectivity index (χ1v) is 10.0. The molecule has 0 N–H and O–H groups in total. The van der Waals surface area contributed by atoms with Gasteiger partial charge in [-0.25, -0.2) is 9.69 Å². The SMILES string of the molecule is COc1ccc([C@@H]2[C@H]3CC(=O)c4ccccc4[C@H]3C(=O)N2C(=O)OC(C)(C)C)cc1. The normalized spacial score (nSPS) is 23.1. The van der Waals surface area contributed by atoms with E-state index in [9.17, 15) is 14.4 Å². The van der Waals surface area contributed by atoms with Crippen molar-refractivity contribution in [3.8, 4) is 5.75 Å². The highest BCUT2D eigenvalue weighted by molar-refractivity contribution is 6.06. The quantitative estimate of drug-likeness (QED) is 0.733. The molecule has 156 valence electrons. The van der Waals surface area contributed by atoms with Gasteiger partial charge in [0.15, 0.2) is 5.78 Å². The third kappa shape index (κ3) is 3.36. The van der Waals surface area contributed by atoms with Gasteiger partial charge >= 0.3 is 6.09 Å². The van der Waals surface area contributed by atoms with Gasteiger partial charge in [0.25, 0.3) is 0 Å². The molecule has 0 saturated carbocycles. The number of fused-ring (bicyclic) bond motifs is 3. The van der Waals surface area contributed by atoms with Crippen molar-refractivity contribution in [2.75, 3.05) is 7.11 Å². The lowest BCUT2D eigenvalue weighted by Gasteiger charge is -2.31. The molecule has 0 bridgehead atoms. The van der Waals surface area contributed by atoms with E-state index in [1.165, 1.54) is 4.90 Å². The van der Waals surface area contributed by atoms with Gasteiger partial charge in [-0.05, 0) is 44.0 Å². The van der Waals surface area contributed by atoms with Crippen LogP contribution in [0.15, 0.2) is 48.5 Å². The number of Topliss-reactive ketones (excluding diaryl/α,β-unsaturated/α-hetero) is 1. The molecule has 4 rings (SSSR count). The Kier molecular flexibility index (Phi) is 4.88. The average molecular weight is 407 g/mol. The lowest BCUT2D eigenvalue weighted by molar-refractivity contribution is -0.129. The van der Waals surface area contributed by atoms with Crippen LogP contribution >= 0.6 is 0 Å². The molecule has 30 heavy (non-hydrogen) atoms. The number of carbonyl (C=O) groups is 3. The number of ether oxygens (including phenoxy) is 2. The molecule has 1 heterocycles. The third-order valence-electron chi connectivity index (χ3n) is 5.68. The molecule has 1 fully saturated rings. The van der Waals surface area contributed by atoms with Gasteiger partial charge < -0.3 is 9.47 Å². The van der Waals surface area contributed by atoms with Crippen molar-refractivity contribution in [2.24, 2.45) is 5.92 Å². The van der Waals surface area contributed by atoms with Crippen molar-refractivity contribution in [1.29, 1.82) is 0 Å². The molecule has 6 nitrogen and oxygen atoms in total. The number of hydrogen-bond acceptors (Lipinski definition) is 5. The van der Waals surface area contributed by atoms with E-state index in [-0.39, 0.29) is 24.0 Å². The van der Waals surface area contributed by atoms with Crippen molar-refractivity contribution < 1.29 is 23.9 Å². The van der Waals surface area contributed by atoms with Crippen LogP contribution in [0.3, 0.4) is 0 Å². The molecule has 6 heteroatoms. The Balaban J connectivity index is 1.82. The number of nitrogens with zero attached hydrogens (tertiary/aromatic N) is 1. The second kappa shape index (κ2) is 7.27. The minimum Gasteiger partial charge on any atom is -0.497 e. The predicted molar refractivity (Wildman–Crippen MR) is 110 cm³/mol. The fourth-order valence-corrected chi connectivity index (χ4v) is 4.50. The van der Waals surface area contributed by atoms with E-state index in [1.807, 2.05) is 24.3 Å². The van der Waals surface area contributed by atoms with Gasteiger partial charge in [-0.1, -0.05) is 36.4 Å². The Morgan fingerprint density at radius 3 is 2.33 bits per heavy atom. The zero-order valence-corrected chi connectivity index (χ0v) is 17.5. The molecular formula is C24H25NO5. The summed E-state index contributed by atoms with van der Waals surface area (Å²) in [5.41, 5.74) is 1.28. The molecule has 2 aromatic carbocycles. The highest BCUT2D eigenvalue weighted by atomic mass is 16.6. The maximum atomic E-state index is 13.5. The van der Waals surface area contributed by atoms with Crippen LogP contribution < -0.4 is 4.74 Å². The summed E-state index contributed by atoms with van der Waals surface area (Å²) in [6.45, 7) is 5.29. The maximum Gasteiger partial charge on any atom is 0.417 e. The molecule has 2 amide bonds. The van der Waals surface area contributed by atoms with Crippen LogP contribution in [0.25, 0.3) is 0 Å². The maximum absolute atomic E-state index is 13.5. The fraction of sp³-hybridized carbons (Fsp3) is 0.375. The van der Waals surface area contributed by atoms with E-state index in [1.54, 1.807) is 52.1 Å². The summed E-state index contributed by atoms with van der Waals surface area (Å²) in [7, 11) is 1.58. The Morgan fingerprint density at radius 1 is 1.03 bits per heavy atom. The second-order valence-corrected chi connectivity index (χ2v) is 8.76. The molecule has 2 aromatic rings. The fourth-order valence-electron chi connectivity index (χ4n) is 4.50. The van der Waals surface area contributed by atoms with Crippen LogP contribution in [-0.2, 0) is 9.53 Å². The predicted octanol–water partition coefficient (Wildman–Crippen LogP) is 4.50. The van der Waals surface area contributed by atoms with Crippen LogP contribution in [-0.4, -0.2) is 35.4 Å². The van der Waals surface area contributed by atoms with E-state index in [0.717, 1.165) is 5.56 Å². The molecule has 2 aliphatic rings. The zero-order valence-electron chi connectivity index (χ0n) is 17.5. The number of ketones is 1. The van der Waals surface area contributed by atoms with E-state index in [2.05, 4.69) is 0 Å².